The van der Waals surface area contributed by atoms with Crippen molar-refractivity contribution in [2.24, 2.45) is 5.92 Å². The molecule has 2 atom stereocenters. The molecule has 1 nitrogen and oxygen atoms in total. The molecule has 0 heterocycles. The summed E-state index contributed by atoms with van der Waals surface area (Å²) in [6, 6.07) is 8.12. The van der Waals surface area contributed by atoms with Gasteiger partial charge in [-0.25, -0.2) is 4.39 Å². The Morgan fingerprint density at radius 1 is 1.17 bits per heavy atom. The maximum atomic E-state index is 13.7. The van der Waals surface area contributed by atoms with Gasteiger partial charge in [-0.15, -0.1) is 0 Å². The van der Waals surface area contributed by atoms with Gasteiger partial charge in [0.1, 0.15) is 18.0 Å². The summed E-state index contributed by atoms with van der Waals surface area (Å²) in [6.07, 6.45) is 3.61. The molecule has 1 aliphatic rings. The van der Waals surface area contributed by atoms with Crippen LogP contribution in [0.1, 0.15) is 45.1 Å². The van der Waals surface area contributed by atoms with E-state index >= 15 is 0 Å². The molecule has 2 heteroatoms. The van der Waals surface area contributed by atoms with Crippen LogP contribution < -0.4 is 4.74 Å². The van der Waals surface area contributed by atoms with Crippen LogP contribution in [0.2, 0.25) is 0 Å². The van der Waals surface area contributed by atoms with Crippen LogP contribution in [0.3, 0.4) is 0 Å². The number of hydrogen-bond donors (Lipinski definition) is 0. The number of hydrogen-bond acceptors (Lipinski definition) is 1. The van der Waals surface area contributed by atoms with Gasteiger partial charge < -0.3 is 4.74 Å². The Labute approximate surface area is 109 Å². The van der Waals surface area contributed by atoms with E-state index < -0.39 is 6.17 Å². The zero-order chi connectivity index (χ0) is 13.0. The van der Waals surface area contributed by atoms with Crippen molar-refractivity contribution in [3.8, 4) is 5.75 Å². The monoisotopic (exact) mass is 250 g/mol. The third-order valence-electron chi connectivity index (χ3n) is 3.48. The van der Waals surface area contributed by atoms with Crippen molar-refractivity contribution in [2.75, 3.05) is 0 Å². The van der Waals surface area contributed by atoms with Gasteiger partial charge in [0.2, 0.25) is 0 Å². The van der Waals surface area contributed by atoms with Gasteiger partial charge in [-0.2, -0.15) is 0 Å². The van der Waals surface area contributed by atoms with Gasteiger partial charge in [0.05, 0.1) is 0 Å². The number of halogens is 1. The first kappa shape index (κ1) is 13.4. The molecule has 2 unspecified atom stereocenters. The average molecular weight is 250 g/mol. The smallest absolute Gasteiger partial charge is 0.137 e. The second kappa shape index (κ2) is 6.21. The number of benzene rings is 1. The van der Waals surface area contributed by atoms with Gasteiger partial charge >= 0.3 is 0 Å². The lowest BCUT2D eigenvalue weighted by Crippen LogP contribution is -2.31. The highest BCUT2D eigenvalue weighted by Crippen LogP contribution is 2.26. The Kier molecular flexibility index (Phi) is 4.62. The largest absolute Gasteiger partial charge is 0.487 e. The highest BCUT2D eigenvalue weighted by molar-refractivity contribution is 5.27. The second-order valence-corrected chi connectivity index (χ2v) is 5.70. The topological polar surface area (TPSA) is 9.23 Å². The minimum absolute atomic E-state index is 0.241. The summed E-state index contributed by atoms with van der Waals surface area (Å²) in [6.45, 7) is 4.42. The van der Waals surface area contributed by atoms with E-state index in [9.17, 15) is 4.39 Å². The van der Waals surface area contributed by atoms with Crippen LogP contribution in [0.15, 0.2) is 24.3 Å². The standard InChI is InChI=1S/C16H23FO/c1-12(2)11-13-7-9-14(10-8-13)18-16-6-4-3-5-15(16)17/h7-10,12,15-16H,3-6,11H2,1-2H3. The minimum Gasteiger partial charge on any atom is -0.487 e. The van der Waals surface area contributed by atoms with Gasteiger partial charge in [0.25, 0.3) is 0 Å². The Morgan fingerprint density at radius 2 is 1.83 bits per heavy atom. The van der Waals surface area contributed by atoms with E-state index in [0.29, 0.717) is 12.3 Å². The Hall–Kier alpha value is -1.05. The zero-order valence-electron chi connectivity index (χ0n) is 11.4. The fraction of sp³-hybridized carbons (Fsp3) is 0.625. The summed E-state index contributed by atoms with van der Waals surface area (Å²) in [5.74, 6) is 1.46. The molecule has 0 bridgehead atoms. The lowest BCUT2D eigenvalue weighted by atomic mass is 9.96. The van der Waals surface area contributed by atoms with Gasteiger partial charge in [-0.3, -0.25) is 0 Å². The van der Waals surface area contributed by atoms with Crippen LogP contribution in [0, 0.1) is 5.92 Å². The first-order valence-corrected chi connectivity index (χ1v) is 7.05. The van der Waals surface area contributed by atoms with E-state index in [0.717, 1.165) is 31.4 Å². The fourth-order valence-corrected chi connectivity index (χ4v) is 2.53. The van der Waals surface area contributed by atoms with Crippen molar-refractivity contribution in [3.63, 3.8) is 0 Å². The van der Waals surface area contributed by atoms with Crippen molar-refractivity contribution in [1.29, 1.82) is 0 Å². The molecule has 1 aliphatic carbocycles. The molecule has 1 saturated carbocycles. The van der Waals surface area contributed by atoms with E-state index in [1.807, 2.05) is 12.1 Å². The summed E-state index contributed by atoms with van der Waals surface area (Å²) in [5, 5.41) is 0. The first-order chi connectivity index (χ1) is 8.65. The van der Waals surface area contributed by atoms with Crippen molar-refractivity contribution < 1.29 is 9.13 Å². The third-order valence-corrected chi connectivity index (χ3v) is 3.48. The maximum Gasteiger partial charge on any atom is 0.137 e. The van der Waals surface area contributed by atoms with Crippen molar-refractivity contribution in [2.45, 2.75) is 58.2 Å². The van der Waals surface area contributed by atoms with Crippen LogP contribution in [-0.2, 0) is 6.42 Å². The van der Waals surface area contributed by atoms with Crippen molar-refractivity contribution in [1.82, 2.24) is 0 Å². The van der Waals surface area contributed by atoms with E-state index in [1.165, 1.54) is 5.56 Å². The highest BCUT2D eigenvalue weighted by atomic mass is 19.1. The molecule has 0 radical (unpaired) electrons. The zero-order valence-corrected chi connectivity index (χ0v) is 11.4. The molecule has 18 heavy (non-hydrogen) atoms. The molecule has 0 aliphatic heterocycles. The third kappa shape index (κ3) is 3.72. The Morgan fingerprint density at radius 3 is 2.44 bits per heavy atom. The van der Waals surface area contributed by atoms with E-state index in [4.69, 9.17) is 4.74 Å². The molecule has 1 fully saturated rings. The van der Waals surface area contributed by atoms with Crippen LogP contribution in [0.25, 0.3) is 0 Å². The molecule has 1 aromatic rings. The summed E-state index contributed by atoms with van der Waals surface area (Å²) in [4.78, 5) is 0. The van der Waals surface area contributed by atoms with Gasteiger partial charge in [0.15, 0.2) is 0 Å². The van der Waals surface area contributed by atoms with Gasteiger partial charge in [-0.05, 0) is 49.3 Å². The van der Waals surface area contributed by atoms with Crippen LogP contribution in [0.5, 0.6) is 5.75 Å². The maximum absolute atomic E-state index is 13.7. The predicted octanol–water partition coefficient (Wildman–Crippen LogP) is 4.54. The molecule has 0 saturated heterocycles. The second-order valence-electron chi connectivity index (χ2n) is 5.70. The van der Waals surface area contributed by atoms with E-state index in [-0.39, 0.29) is 6.10 Å². The number of ether oxygens (including phenoxy) is 1. The predicted molar refractivity (Wildman–Crippen MR) is 72.8 cm³/mol. The molecule has 0 spiro atoms. The minimum atomic E-state index is -0.797. The normalized spacial score (nSPS) is 24.2. The molecule has 100 valence electrons. The quantitative estimate of drug-likeness (QED) is 0.762. The molecular weight excluding hydrogens is 227 g/mol. The molecular formula is C16H23FO. The van der Waals surface area contributed by atoms with Crippen molar-refractivity contribution >= 4 is 0 Å². The summed E-state index contributed by atoms with van der Waals surface area (Å²) >= 11 is 0. The van der Waals surface area contributed by atoms with E-state index in [2.05, 4.69) is 26.0 Å². The van der Waals surface area contributed by atoms with E-state index in [1.54, 1.807) is 0 Å². The highest BCUT2D eigenvalue weighted by Gasteiger charge is 2.26. The Bertz CT molecular complexity index is 358. The molecule has 0 amide bonds. The number of alkyl halides is 1. The van der Waals surface area contributed by atoms with Crippen molar-refractivity contribution in [3.05, 3.63) is 29.8 Å². The van der Waals surface area contributed by atoms with Gasteiger partial charge in [0, 0.05) is 0 Å². The van der Waals surface area contributed by atoms with Crippen LogP contribution in [-0.4, -0.2) is 12.3 Å². The molecule has 0 N–H and O–H groups in total. The lowest BCUT2D eigenvalue weighted by molar-refractivity contribution is 0.0638. The molecule has 0 aromatic heterocycles. The molecule has 1 aromatic carbocycles. The average Bonchev–Trinajstić information content (AvgIpc) is 2.34. The molecule has 2 rings (SSSR count). The fourth-order valence-electron chi connectivity index (χ4n) is 2.53. The Balaban J connectivity index is 1.93. The number of rotatable bonds is 4. The summed E-state index contributed by atoms with van der Waals surface area (Å²) < 4.78 is 19.4. The van der Waals surface area contributed by atoms with Gasteiger partial charge in [-0.1, -0.05) is 32.4 Å². The van der Waals surface area contributed by atoms with Crippen LogP contribution in [0.4, 0.5) is 4.39 Å². The lowest BCUT2D eigenvalue weighted by Gasteiger charge is -2.26. The first-order valence-electron chi connectivity index (χ1n) is 7.05. The summed E-state index contributed by atoms with van der Waals surface area (Å²) in [7, 11) is 0. The van der Waals surface area contributed by atoms with Crippen LogP contribution >= 0.6 is 0 Å². The summed E-state index contributed by atoms with van der Waals surface area (Å²) in [5.41, 5.74) is 1.32. The SMILES string of the molecule is CC(C)Cc1ccc(OC2CCCCC2F)cc1.